The van der Waals surface area contributed by atoms with Crippen molar-refractivity contribution in [2.75, 3.05) is 0 Å². The van der Waals surface area contributed by atoms with Gasteiger partial charge in [0.25, 0.3) is 0 Å². The normalized spacial score (nSPS) is 47.6. The molecule has 3 aliphatic carbocycles. The fourth-order valence-corrected chi connectivity index (χ4v) is 6.40. The summed E-state index contributed by atoms with van der Waals surface area (Å²) in [5.74, 6) is 3.19. The minimum Gasteiger partial charge on any atom is -0.381 e. The highest BCUT2D eigenvalue weighted by molar-refractivity contribution is 5.25. The Kier molecular flexibility index (Phi) is 3.27. The van der Waals surface area contributed by atoms with Crippen LogP contribution in [0.4, 0.5) is 13.2 Å². The SMILES string of the molecule is CCC1C2C(C(C)C)C3CC(CC(C)(O)C(F)(F)F)C12C3. The zero-order chi connectivity index (χ0) is 15.8. The maximum Gasteiger partial charge on any atom is 0.416 e. The van der Waals surface area contributed by atoms with Crippen LogP contribution >= 0.6 is 0 Å². The molecule has 1 N–H and O–H groups in total. The molecular formula is C17H27F3O. The standard InChI is InChI=1S/C17H27F3O/c1-5-12-14-13(9(2)3)10-6-11(16(12,14)7-10)8-15(4,21)17(18,19)20/h9-14,21H,5-8H2,1-4H3. The molecule has 0 aromatic heterocycles. The van der Waals surface area contributed by atoms with E-state index in [-0.39, 0.29) is 17.8 Å². The van der Waals surface area contributed by atoms with Gasteiger partial charge in [0.05, 0.1) is 0 Å². The predicted octanol–water partition coefficient (Wildman–Crippen LogP) is 4.64. The Morgan fingerprint density at radius 1 is 1.29 bits per heavy atom. The third-order valence-electron chi connectivity index (χ3n) is 7.02. The summed E-state index contributed by atoms with van der Waals surface area (Å²) in [6.45, 7) is 7.63. The van der Waals surface area contributed by atoms with Crippen LogP contribution < -0.4 is 0 Å². The molecule has 3 rings (SSSR count). The molecule has 2 bridgehead atoms. The van der Waals surface area contributed by atoms with Crippen molar-refractivity contribution in [2.24, 2.45) is 40.9 Å². The minimum atomic E-state index is -4.52. The Labute approximate surface area is 125 Å². The van der Waals surface area contributed by atoms with E-state index in [1.165, 1.54) is 0 Å². The van der Waals surface area contributed by atoms with Gasteiger partial charge in [-0.25, -0.2) is 0 Å². The molecule has 1 spiro atoms. The third kappa shape index (κ3) is 1.93. The van der Waals surface area contributed by atoms with E-state index in [0.29, 0.717) is 29.6 Å². The molecule has 7 unspecified atom stereocenters. The van der Waals surface area contributed by atoms with Crippen LogP contribution in [0.25, 0.3) is 0 Å². The van der Waals surface area contributed by atoms with Gasteiger partial charge in [-0.15, -0.1) is 0 Å². The Balaban J connectivity index is 1.80. The Hall–Kier alpha value is -0.250. The molecule has 0 amide bonds. The summed E-state index contributed by atoms with van der Waals surface area (Å²) < 4.78 is 39.0. The Morgan fingerprint density at radius 3 is 2.38 bits per heavy atom. The van der Waals surface area contributed by atoms with E-state index in [1.54, 1.807) is 0 Å². The second kappa shape index (κ2) is 4.39. The van der Waals surface area contributed by atoms with Gasteiger partial charge in [0.1, 0.15) is 0 Å². The smallest absolute Gasteiger partial charge is 0.381 e. The van der Waals surface area contributed by atoms with E-state index in [2.05, 4.69) is 20.8 Å². The van der Waals surface area contributed by atoms with Gasteiger partial charge < -0.3 is 5.11 Å². The van der Waals surface area contributed by atoms with Crippen molar-refractivity contribution in [1.82, 2.24) is 0 Å². The van der Waals surface area contributed by atoms with E-state index >= 15 is 0 Å². The molecular weight excluding hydrogens is 277 g/mol. The van der Waals surface area contributed by atoms with E-state index in [4.69, 9.17) is 0 Å². The lowest BCUT2D eigenvalue weighted by atomic mass is 9.74. The van der Waals surface area contributed by atoms with Gasteiger partial charge in [0.15, 0.2) is 5.60 Å². The van der Waals surface area contributed by atoms with Crippen molar-refractivity contribution in [2.45, 2.75) is 65.2 Å². The van der Waals surface area contributed by atoms with Crippen LogP contribution in [0.15, 0.2) is 0 Å². The van der Waals surface area contributed by atoms with E-state index < -0.39 is 11.8 Å². The van der Waals surface area contributed by atoms with Gasteiger partial charge in [-0.3, -0.25) is 0 Å². The molecule has 7 atom stereocenters. The topological polar surface area (TPSA) is 20.2 Å². The minimum absolute atomic E-state index is 0.0593. The number of hydrogen-bond donors (Lipinski definition) is 1. The first-order valence-corrected chi connectivity index (χ1v) is 8.35. The van der Waals surface area contributed by atoms with Crippen LogP contribution in [0.1, 0.15) is 53.4 Å². The molecule has 1 nitrogen and oxygen atoms in total. The summed E-state index contributed by atoms with van der Waals surface area (Å²) in [7, 11) is 0. The number of fused-ring (bicyclic) bond motifs is 1. The van der Waals surface area contributed by atoms with Gasteiger partial charge in [0, 0.05) is 0 Å². The van der Waals surface area contributed by atoms with Crippen molar-refractivity contribution >= 4 is 0 Å². The van der Waals surface area contributed by atoms with Crippen molar-refractivity contribution < 1.29 is 18.3 Å². The quantitative estimate of drug-likeness (QED) is 0.802. The van der Waals surface area contributed by atoms with Crippen LogP contribution in [0.5, 0.6) is 0 Å². The predicted molar refractivity (Wildman–Crippen MR) is 75.5 cm³/mol. The maximum atomic E-state index is 13.0. The molecule has 0 aliphatic heterocycles. The van der Waals surface area contributed by atoms with Crippen molar-refractivity contribution in [3.63, 3.8) is 0 Å². The lowest BCUT2D eigenvalue weighted by Gasteiger charge is -2.35. The molecule has 0 saturated heterocycles. The highest BCUT2D eigenvalue weighted by Crippen LogP contribution is 2.83. The van der Waals surface area contributed by atoms with Gasteiger partial charge in [-0.2, -0.15) is 13.2 Å². The van der Waals surface area contributed by atoms with Gasteiger partial charge >= 0.3 is 6.18 Å². The van der Waals surface area contributed by atoms with Crippen LogP contribution in [-0.2, 0) is 0 Å². The van der Waals surface area contributed by atoms with Gasteiger partial charge in [-0.05, 0) is 67.1 Å². The molecule has 122 valence electrons. The van der Waals surface area contributed by atoms with Crippen LogP contribution in [-0.4, -0.2) is 16.9 Å². The second-order valence-electron chi connectivity index (χ2n) is 8.35. The van der Waals surface area contributed by atoms with Crippen LogP contribution in [0.3, 0.4) is 0 Å². The molecule has 0 radical (unpaired) electrons. The van der Waals surface area contributed by atoms with E-state index in [9.17, 15) is 18.3 Å². The molecule has 21 heavy (non-hydrogen) atoms. The first-order valence-electron chi connectivity index (χ1n) is 8.35. The Bertz CT molecular complexity index is 428. The zero-order valence-electron chi connectivity index (χ0n) is 13.4. The molecule has 3 fully saturated rings. The zero-order valence-corrected chi connectivity index (χ0v) is 13.4. The summed E-state index contributed by atoms with van der Waals surface area (Å²) in [5.41, 5.74) is -2.40. The first kappa shape index (κ1) is 15.6. The Morgan fingerprint density at radius 2 is 1.90 bits per heavy atom. The molecule has 4 heteroatoms. The first-order chi connectivity index (χ1) is 9.56. The second-order valence-corrected chi connectivity index (χ2v) is 8.35. The molecule has 0 aromatic rings. The average molecular weight is 304 g/mol. The molecule has 3 saturated carbocycles. The largest absolute Gasteiger partial charge is 0.416 e. The lowest BCUT2D eigenvalue weighted by molar-refractivity contribution is -0.260. The fourth-order valence-electron chi connectivity index (χ4n) is 6.40. The van der Waals surface area contributed by atoms with Crippen LogP contribution in [0, 0.1) is 40.9 Å². The summed E-state index contributed by atoms with van der Waals surface area (Å²) in [5, 5.41) is 9.88. The number of alkyl halides is 3. The number of rotatable bonds is 4. The fraction of sp³-hybridized carbons (Fsp3) is 1.00. The average Bonchev–Trinajstić information content (AvgIpc) is 2.65. The maximum absolute atomic E-state index is 13.0. The van der Waals surface area contributed by atoms with Crippen molar-refractivity contribution in [1.29, 1.82) is 0 Å². The molecule has 0 aromatic carbocycles. The van der Waals surface area contributed by atoms with E-state index in [0.717, 1.165) is 26.2 Å². The molecule has 0 heterocycles. The summed E-state index contributed by atoms with van der Waals surface area (Å²) in [6, 6.07) is 0. The highest BCUT2D eigenvalue weighted by Gasteiger charge is 2.78. The van der Waals surface area contributed by atoms with E-state index in [1.807, 2.05) is 0 Å². The van der Waals surface area contributed by atoms with Crippen LogP contribution in [0.2, 0.25) is 0 Å². The van der Waals surface area contributed by atoms with Gasteiger partial charge in [-0.1, -0.05) is 27.2 Å². The monoisotopic (exact) mass is 304 g/mol. The highest BCUT2D eigenvalue weighted by atomic mass is 19.4. The summed E-state index contributed by atoms with van der Waals surface area (Å²) >= 11 is 0. The van der Waals surface area contributed by atoms with Crippen molar-refractivity contribution in [3.8, 4) is 0 Å². The number of aliphatic hydroxyl groups is 1. The number of hydrogen-bond acceptors (Lipinski definition) is 1. The summed E-state index contributed by atoms with van der Waals surface area (Å²) in [6.07, 6.45) is -1.55. The van der Waals surface area contributed by atoms with Gasteiger partial charge in [0.2, 0.25) is 0 Å². The number of halogens is 3. The van der Waals surface area contributed by atoms with Crippen molar-refractivity contribution in [3.05, 3.63) is 0 Å². The molecule has 3 aliphatic rings. The lowest BCUT2D eigenvalue weighted by Crippen LogP contribution is -2.45. The third-order valence-corrected chi connectivity index (χ3v) is 7.02. The summed E-state index contributed by atoms with van der Waals surface area (Å²) in [4.78, 5) is 0.